The first kappa shape index (κ1) is 25.5. The quantitative estimate of drug-likeness (QED) is 0.111. The number of aliphatic imine (C=N–C) groups is 2. The molecule has 208 valence electrons. The van der Waals surface area contributed by atoms with Crippen LogP contribution in [0, 0.1) is 0 Å². The van der Waals surface area contributed by atoms with Crippen molar-refractivity contribution in [1.29, 1.82) is 0 Å². The van der Waals surface area contributed by atoms with Gasteiger partial charge in [-0.25, -0.2) is 0 Å². The Bertz CT molecular complexity index is 2160. The molecule has 0 aliphatic carbocycles. The largest absolute Gasteiger partial charge is 0.507 e. The lowest BCUT2D eigenvalue weighted by Gasteiger charge is -2.13. The summed E-state index contributed by atoms with van der Waals surface area (Å²) in [6, 6.07) is 33.1. The van der Waals surface area contributed by atoms with Crippen LogP contribution in [0.5, 0.6) is 11.5 Å². The van der Waals surface area contributed by atoms with Gasteiger partial charge < -0.3 is 14.9 Å². The van der Waals surface area contributed by atoms with E-state index in [-0.39, 0.29) is 11.5 Å². The van der Waals surface area contributed by atoms with Crippen molar-refractivity contribution >= 4 is 77.1 Å². The minimum Gasteiger partial charge on any atom is -0.507 e. The molecule has 0 heterocycles. The topological polar surface area (TPSA) is 74.4 Å². The van der Waals surface area contributed by atoms with E-state index in [4.69, 9.17) is 4.74 Å². The van der Waals surface area contributed by atoms with Crippen molar-refractivity contribution < 1.29 is 14.9 Å². The van der Waals surface area contributed by atoms with Crippen LogP contribution in [0.25, 0.3) is 64.6 Å². The van der Waals surface area contributed by atoms with Crippen molar-refractivity contribution in [2.75, 3.05) is 26.3 Å². The van der Waals surface area contributed by atoms with Gasteiger partial charge in [0.1, 0.15) is 11.5 Å². The number of rotatable bonds is 8. The third-order valence-corrected chi connectivity index (χ3v) is 8.49. The van der Waals surface area contributed by atoms with Crippen molar-refractivity contribution in [2.24, 2.45) is 9.98 Å². The Kier molecular flexibility index (Phi) is 6.05. The van der Waals surface area contributed by atoms with Gasteiger partial charge in [-0.15, -0.1) is 0 Å². The fourth-order valence-electron chi connectivity index (χ4n) is 6.50. The lowest BCUT2D eigenvalue weighted by atomic mass is 9.92. The number of phenolic OH excluding ortho intramolecular Hbond substituents is 2. The summed E-state index contributed by atoms with van der Waals surface area (Å²) < 4.78 is 5.74. The number of ether oxygens (including phenoxy) is 1. The highest BCUT2D eigenvalue weighted by Gasteiger charge is 2.14. The highest BCUT2D eigenvalue weighted by atomic mass is 16.5. The van der Waals surface area contributed by atoms with Gasteiger partial charge in [0.25, 0.3) is 0 Å². The molecule has 8 rings (SSSR count). The average Bonchev–Trinajstić information content (AvgIpc) is 3.04. The van der Waals surface area contributed by atoms with E-state index in [1.54, 1.807) is 12.4 Å². The maximum atomic E-state index is 11.0. The lowest BCUT2D eigenvalue weighted by molar-refractivity contribution is 0.150. The molecule has 43 heavy (non-hydrogen) atoms. The summed E-state index contributed by atoms with van der Waals surface area (Å²) in [5.41, 5.74) is 1.40. The normalized spacial score (nSPS) is 12.7. The molecule has 0 unspecified atom stereocenters. The second-order valence-electron chi connectivity index (χ2n) is 11.0. The Morgan fingerprint density at radius 3 is 1.33 bits per heavy atom. The molecule has 5 heteroatoms. The Labute approximate surface area is 247 Å². The molecule has 2 N–H and O–H groups in total. The summed E-state index contributed by atoms with van der Waals surface area (Å²) in [6.45, 7) is 1.86. The smallest absolute Gasteiger partial charge is 0.132 e. The van der Waals surface area contributed by atoms with E-state index < -0.39 is 0 Å². The van der Waals surface area contributed by atoms with Crippen LogP contribution in [0.1, 0.15) is 11.1 Å². The number of hydrogen-bond acceptors (Lipinski definition) is 5. The third-order valence-electron chi connectivity index (χ3n) is 8.49. The van der Waals surface area contributed by atoms with Gasteiger partial charge in [-0.2, -0.15) is 0 Å². The molecule has 0 amide bonds. The van der Waals surface area contributed by atoms with Crippen LogP contribution >= 0.6 is 0 Å². The van der Waals surface area contributed by atoms with Crippen molar-refractivity contribution in [2.45, 2.75) is 0 Å². The lowest BCUT2D eigenvalue weighted by Crippen LogP contribution is -2.03. The van der Waals surface area contributed by atoms with E-state index in [2.05, 4.69) is 82.8 Å². The first-order chi connectivity index (χ1) is 21.2. The third kappa shape index (κ3) is 4.20. The number of benzene rings is 8. The number of hydrogen-bond donors (Lipinski definition) is 2. The molecule has 8 aromatic carbocycles. The first-order valence-corrected chi connectivity index (χ1v) is 14.5. The second kappa shape index (κ2) is 10.2. The Balaban J connectivity index is 0.907. The van der Waals surface area contributed by atoms with Crippen LogP contribution in [0.15, 0.2) is 107 Å². The van der Waals surface area contributed by atoms with Gasteiger partial charge in [0, 0.05) is 45.1 Å². The number of phenols is 2. The van der Waals surface area contributed by atoms with Gasteiger partial charge in [0.05, 0.1) is 26.3 Å². The molecular weight excluding hydrogens is 532 g/mol. The molecule has 0 spiro atoms. The number of aromatic hydroxyl groups is 2. The average molecular weight is 561 g/mol. The summed E-state index contributed by atoms with van der Waals surface area (Å²) in [6.07, 6.45) is 3.45. The maximum absolute atomic E-state index is 11.0. The fourth-order valence-corrected chi connectivity index (χ4v) is 6.50. The van der Waals surface area contributed by atoms with Gasteiger partial charge in [0.15, 0.2) is 0 Å². The van der Waals surface area contributed by atoms with Crippen LogP contribution < -0.4 is 0 Å². The highest BCUT2D eigenvalue weighted by molar-refractivity contribution is 6.26. The molecule has 0 saturated carbocycles. The molecule has 0 atom stereocenters. The minimum absolute atomic E-state index is 0.250. The van der Waals surface area contributed by atoms with Gasteiger partial charge >= 0.3 is 0 Å². The standard InChI is InChI=1S/C38H28N2O3/c41-37-29(19-27-9-7-23-3-1-5-25-11-13-31(37)35(27)33(23)25)21-39-15-17-43-18-16-40-22-30-20-28-10-8-24-4-2-6-26-12-14-32(38(30)42)36(28)34(24)26/h1-14,19-22,41-42H,15-18H2. The number of nitrogens with zero attached hydrogens (tertiary/aromatic N) is 2. The maximum Gasteiger partial charge on any atom is 0.132 e. The van der Waals surface area contributed by atoms with E-state index in [1.165, 1.54) is 32.3 Å². The molecule has 5 nitrogen and oxygen atoms in total. The monoisotopic (exact) mass is 560 g/mol. The van der Waals surface area contributed by atoms with Crippen molar-refractivity contribution in [3.8, 4) is 11.5 Å². The predicted molar refractivity (Wildman–Crippen MR) is 179 cm³/mol. The minimum atomic E-state index is 0.250. The van der Waals surface area contributed by atoms with Crippen LogP contribution in [0.3, 0.4) is 0 Å². The molecule has 8 aromatic rings. The zero-order valence-corrected chi connectivity index (χ0v) is 23.4. The molecule has 0 saturated heterocycles. The summed E-state index contributed by atoms with van der Waals surface area (Å²) >= 11 is 0. The molecule has 0 radical (unpaired) electrons. The van der Waals surface area contributed by atoms with Crippen LogP contribution in [0.2, 0.25) is 0 Å². The SMILES string of the molecule is Oc1c(C=NCCOCCN=Cc2cc3ccc4cccc5ccc(c2O)c3c45)cc2ccc3cccc4ccc1c2c34. The summed E-state index contributed by atoms with van der Waals surface area (Å²) in [4.78, 5) is 9.00. The summed E-state index contributed by atoms with van der Waals surface area (Å²) in [5.74, 6) is 0.500. The van der Waals surface area contributed by atoms with E-state index in [0.29, 0.717) is 37.4 Å². The summed E-state index contributed by atoms with van der Waals surface area (Å²) in [5, 5.41) is 35.1. The van der Waals surface area contributed by atoms with Crippen LogP contribution in [0.4, 0.5) is 0 Å². The van der Waals surface area contributed by atoms with E-state index >= 15 is 0 Å². The Morgan fingerprint density at radius 1 is 0.488 bits per heavy atom. The first-order valence-electron chi connectivity index (χ1n) is 14.5. The van der Waals surface area contributed by atoms with E-state index in [0.717, 1.165) is 32.3 Å². The molecule has 0 fully saturated rings. The Hall–Kier alpha value is -5.26. The van der Waals surface area contributed by atoms with E-state index in [9.17, 15) is 10.2 Å². The van der Waals surface area contributed by atoms with Crippen molar-refractivity contribution in [3.63, 3.8) is 0 Å². The van der Waals surface area contributed by atoms with Crippen molar-refractivity contribution in [3.05, 3.63) is 108 Å². The van der Waals surface area contributed by atoms with Crippen molar-refractivity contribution in [1.82, 2.24) is 0 Å². The molecule has 0 aliphatic rings. The Morgan fingerprint density at radius 2 is 0.884 bits per heavy atom. The van der Waals surface area contributed by atoms with Gasteiger partial charge in [-0.05, 0) is 67.4 Å². The zero-order chi connectivity index (χ0) is 28.9. The van der Waals surface area contributed by atoms with Crippen LogP contribution in [-0.2, 0) is 4.74 Å². The van der Waals surface area contributed by atoms with Gasteiger partial charge in [-0.1, -0.05) is 72.8 Å². The summed E-state index contributed by atoms with van der Waals surface area (Å²) in [7, 11) is 0. The fraction of sp³-hybridized carbons (Fsp3) is 0.105. The predicted octanol–water partition coefficient (Wildman–Crippen LogP) is 8.45. The highest BCUT2D eigenvalue weighted by Crippen LogP contribution is 2.41. The molecule has 0 aromatic heterocycles. The zero-order valence-electron chi connectivity index (χ0n) is 23.4. The van der Waals surface area contributed by atoms with Gasteiger partial charge in [0.2, 0.25) is 0 Å². The molecular formula is C38H28N2O3. The van der Waals surface area contributed by atoms with Gasteiger partial charge in [-0.3, -0.25) is 9.98 Å². The van der Waals surface area contributed by atoms with E-state index in [1.807, 2.05) is 24.3 Å². The van der Waals surface area contributed by atoms with Crippen LogP contribution in [-0.4, -0.2) is 48.9 Å². The second-order valence-corrected chi connectivity index (χ2v) is 11.0. The molecule has 0 aliphatic heterocycles. The molecule has 0 bridgehead atoms.